The summed E-state index contributed by atoms with van der Waals surface area (Å²) in [6.45, 7) is 14.7. The molecule has 0 atom stereocenters. The van der Waals surface area contributed by atoms with E-state index in [2.05, 4.69) is 44.0 Å². The van der Waals surface area contributed by atoms with Crippen LogP contribution in [0.1, 0.15) is 43.7 Å². The van der Waals surface area contributed by atoms with Crippen molar-refractivity contribution in [2.45, 2.75) is 41.5 Å². The fourth-order valence-corrected chi connectivity index (χ4v) is 3.48. The Bertz CT molecular complexity index is 545. The molecule has 1 N–H and O–H groups in total. The molecule has 1 amide bonds. The van der Waals surface area contributed by atoms with E-state index in [9.17, 15) is 10.1 Å². The summed E-state index contributed by atoms with van der Waals surface area (Å²) in [4.78, 5) is 15.6. The minimum Gasteiger partial charge on any atom is -0.315 e. The quantitative estimate of drug-likeness (QED) is 0.831. The van der Waals surface area contributed by atoms with E-state index < -0.39 is 0 Å². The molecular formula is C17H27N3OS. The maximum atomic E-state index is 12.3. The van der Waals surface area contributed by atoms with E-state index in [1.165, 1.54) is 11.3 Å². The average molecular weight is 321 g/mol. The van der Waals surface area contributed by atoms with E-state index >= 15 is 0 Å². The second-order valence-corrected chi connectivity index (χ2v) is 7.85. The number of rotatable bonds is 7. The van der Waals surface area contributed by atoms with Crippen molar-refractivity contribution in [2.75, 3.05) is 25.0 Å². The van der Waals surface area contributed by atoms with Crippen LogP contribution < -0.4 is 5.32 Å². The van der Waals surface area contributed by atoms with Crippen molar-refractivity contribution in [3.8, 4) is 6.07 Å². The van der Waals surface area contributed by atoms with Crippen LogP contribution in [0.3, 0.4) is 0 Å². The van der Waals surface area contributed by atoms with Gasteiger partial charge in [-0.25, -0.2) is 0 Å². The van der Waals surface area contributed by atoms with Crippen LogP contribution >= 0.6 is 11.3 Å². The van der Waals surface area contributed by atoms with Crippen LogP contribution in [0.25, 0.3) is 0 Å². The molecule has 0 aliphatic heterocycles. The summed E-state index contributed by atoms with van der Waals surface area (Å²) in [6, 6.07) is 2.19. The number of nitriles is 1. The number of nitrogens with zero attached hydrogens (tertiary/aromatic N) is 2. The molecule has 1 rings (SSSR count). The number of thiophene rings is 1. The molecule has 122 valence electrons. The highest BCUT2D eigenvalue weighted by Crippen LogP contribution is 2.31. The minimum absolute atomic E-state index is 0.0425. The number of nitrogens with one attached hydrogen (secondary N) is 1. The molecular weight excluding hydrogens is 294 g/mol. The SMILES string of the molecule is Cc1sc(NC(=O)CN(CC(C)C)CC(C)C)c(C#N)c1C. The number of aryl methyl sites for hydroxylation is 1. The Morgan fingerprint density at radius 1 is 1.23 bits per heavy atom. The van der Waals surface area contributed by atoms with E-state index in [4.69, 9.17) is 0 Å². The third-order valence-corrected chi connectivity index (χ3v) is 4.49. The summed E-state index contributed by atoms with van der Waals surface area (Å²) in [7, 11) is 0. The lowest BCUT2D eigenvalue weighted by atomic mass is 10.1. The third kappa shape index (κ3) is 5.43. The number of hydrogen-bond donors (Lipinski definition) is 1. The molecule has 1 heterocycles. The van der Waals surface area contributed by atoms with Gasteiger partial charge in [-0.05, 0) is 31.2 Å². The van der Waals surface area contributed by atoms with Gasteiger partial charge in [-0.1, -0.05) is 27.7 Å². The predicted molar refractivity (Wildman–Crippen MR) is 93.3 cm³/mol. The molecule has 0 aliphatic rings. The first-order valence-corrected chi connectivity index (χ1v) is 8.58. The van der Waals surface area contributed by atoms with Gasteiger partial charge in [0, 0.05) is 18.0 Å². The van der Waals surface area contributed by atoms with Gasteiger partial charge in [-0.15, -0.1) is 11.3 Å². The summed E-state index contributed by atoms with van der Waals surface area (Å²) in [6.07, 6.45) is 0. The van der Waals surface area contributed by atoms with E-state index in [0.29, 0.717) is 28.9 Å². The molecule has 0 aliphatic carbocycles. The summed E-state index contributed by atoms with van der Waals surface area (Å²) in [5.74, 6) is 0.999. The zero-order valence-corrected chi connectivity index (χ0v) is 15.3. The lowest BCUT2D eigenvalue weighted by Crippen LogP contribution is -2.38. The standard InChI is InChI=1S/C17H27N3OS/c1-11(2)8-20(9-12(3)4)10-16(21)19-17-15(7-18)13(5)14(6)22-17/h11-12H,8-10H2,1-6H3,(H,19,21). The number of hydrogen-bond acceptors (Lipinski definition) is 4. The van der Waals surface area contributed by atoms with Gasteiger partial charge in [-0.2, -0.15) is 5.26 Å². The topological polar surface area (TPSA) is 56.1 Å². The highest BCUT2D eigenvalue weighted by Gasteiger charge is 2.17. The van der Waals surface area contributed by atoms with Crippen molar-refractivity contribution in [3.63, 3.8) is 0 Å². The summed E-state index contributed by atoms with van der Waals surface area (Å²) < 4.78 is 0. The molecule has 0 radical (unpaired) electrons. The Kier molecular flexibility index (Phi) is 7.05. The molecule has 0 aromatic carbocycles. The predicted octanol–water partition coefficient (Wildman–Crippen LogP) is 3.79. The van der Waals surface area contributed by atoms with Gasteiger partial charge < -0.3 is 5.32 Å². The van der Waals surface area contributed by atoms with Crippen LogP contribution in [-0.4, -0.2) is 30.4 Å². The van der Waals surface area contributed by atoms with Crippen LogP contribution in [0.15, 0.2) is 0 Å². The first kappa shape index (κ1) is 18.7. The summed E-state index contributed by atoms with van der Waals surface area (Å²) in [5, 5.41) is 12.8. The Balaban J connectivity index is 2.75. The van der Waals surface area contributed by atoms with Crippen LogP contribution in [0.4, 0.5) is 5.00 Å². The van der Waals surface area contributed by atoms with Crippen LogP contribution in [-0.2, 0) is 4.79 Å². The van der Waals surface area contributed by atoms with Gasteiger partial charge in [0.25, 0.3) is 0 Å². The van der Waals surface area contributed by atoms with Gasteiger partial charge in [0.2, 0.25) is 5.91 Å². The number of amides is 1. The minimum atomic E-state index is -0.0425. The van der Waals surface area contributed by atoms with Crippen molar-refractivity contribution in [2.24, 2.45) is 11.8 Å². The van der Waals surface area contributed by atoms with Gasteiger partial charge in [0.05, 0.1) is 12.1 Å². The van der Waals surface area contributed by atoms with Gasteiger partial charge >= 0.3 is 0 Å². The summed E-state index contributed by atoms with van der Waals surface area (Å²) >= 11 is 1.48. The largest absolute Gasteiger partial charge is 0.315 e. The Hall–Kier alpha value is -1.38. The molecule has 0 unspecified atom stereocenters. The highest BCUT2D eigenvalue weighted by atomic mass is 32.1. The van der Waals surface area contributed by atoms with Gasteiger partial charge in [-0.3, -0.25) is 9.69 Å². The second-order valence-electron chi connectivity index (χ2n) is 6.63. The maximum Gasteiger partial charge on any atom is 0.239 e. The summed E-state index contributed by atoms with van der Waals surface area (Å²) in [5.41, 5.74) is 1.55. The van der Waals surface area contributed by atoms with E-state index in [0.717, 1.165) is 23.5 Å². The lowest BCUT2D eigenvalue weighted by Gasteiger charge is -2.25. The van der Waals surface area contributed by atoms with E-state index in [1.807, 2.05) is 13.8 Å². The number of carbonyl (C=O) groups excluding carboxylic acids is 1. The van der Waals surface area contributed by atoms with Crippen LogP contribution in [0.5, 0.6) is 0 Å². The lowest BCUT2D eigenvalue weighted by molar-refractivity contribution is -0.117. The van der Waals surface area contributed by atoms with Crippen LogP contribution in [0.2, 0.25) is 0 Å². The average Bonchev–Trinajstić information content (AvgIpc) is 2.62. The van der Waals surface area contributed by atoms with Gasteiger partial charge in [0.15, 0.2) is 0 Å². The maximum absolute atomic E-state index is 12.3. The zero-order valence-electron chi connectivity index (χ0n) is 14.5. The Labute approximate surface area is 138 Å². The molecule has 0 fully saturated rings. The van der Waals surface area contributed by atoms with Gasteiger partial charge in [0.1, 0.15) is 11.1 Å². The van der Waals surface area contributed by atoms with Crippen molar-refractivity contribution in [1.82, 2.24) is 4.90 Å². The smallest absolute Gasteiger partial charge is 0.239 e. The van der Waals surface area contributed by atoms with E-state index in [-0.39, 0.29) is 5.91 Å². The monoisotopic (exact) mass is 321 g/mol. The second kappa shape index (κ2) is 8.30. The molecule has 5 heteroatoms. The first-order valence-electron chi connectivity index (χ1n) is 7.76. The fraction of sp³-hybridized carbons (Fsp3) is 0.647. The first-order chi connectivity index (χ1) is 10.2. The van der Waals surface area contributed by atoms with Crippen molar-refractivity contribution < 1.29 is 4.79 Å². The molecule has 0 spiro atoms. The molecule has 1 aromatic rings. The van der Waals surface area contributed by atoms with Crippen molar-refractivity contribution >= 4 is 22.2 Å². The number of anilines is 1. The Morgan fingerprint density at radius 2 is 1.77 bits per heavy atom. The Morgan fingerprint density at radius 3 is 2.23 bits per heavy atom. The molecule has 22 heavy (non-hydrogen) atoms. The molecule has 4 nitrogen and oxygen atoms in total. The molecule has 0 saturated carbocycles. The van der Waals surface area contributed by atoms with E-state index in [1.54, 1.807) is 0 Å². The number of carbonyl (C=O) groups is 1. The molecule has 0 bridgehead atoms. The van der Waals surface area contributed by atoms with Crippen LogP contribution in [0, 0.1) is 37.0 Å². The highest BCUT2D eigenvalue weighted by molar-refractivity contribution is 7.16. The third-order valence-electron chi connectivity index (χ3n) is 3.36. The fourth-order valence-electron chi connectivity index (χ4n) is 2.46. The normalized spacial score (nSPS) is 11.3. The van der Waals surface area contributed by atoms with Crippen molar-refractivity contribution in [3.05, 3.63) is 16.0 Å². The molecule has 0 saturated heterocycles. The van der Waals surface area contributed by atoms with Crippen molar-refractivity contribution in [1.29, 1.82) is 5.26 Å². The molecule has 1 aromatic heterocycles. The zero-order chi connectivity index (χ0) is 16.9.